The fourth-order valence-electron chi connectivity index (χ4n) is 3.32. The number of hydrogen-bond donors (Lipinski definition) is 2. The lowest BCUT2D eigenvalue weighted by Crippen LogP contribution is -2.38. The second-order valence-electron chi connectivity index (χ2n) is 6.88. The standard InChI is InChI=1S/C21H31N5O/c1-2-22-21(23-13-7-15-26-16-8-14-25-26)24-17-18-9-3-6-12-20(18)27-19-10-4-5-11-19/h3,6,8-9,12,14,16,19H,2,4-5,7,10-11,13,15,17H2,1H3,(H2,22,23,24). The van der Waals surface area contributed by atoms with E-state index in [4.69, 9.17) is 9.73 Å². The fraction of sp³-hybridized carbons (Fsp3) is 0.524. The first-order chi connectivity index (χ1) is 13.3. The average Bonchev–Trinajstić information content (AvgIpc) is 3.38. The Hall–Kier alpha value is -2.50. The maximum atomic E-state index is 6.22. The van der Waals surface area contributed by atoms with Crippen molar-refractivity contribution in [2.24, 2.45) is 4.99 Å². The van der Waals surface area contributed by atoms with Gasteiger partial charge in [0, 0.05) is 37.6 Å². The summed E-state index contributed by atoms with van der Waals surface area (Å²) < 4.78 is 8.17. The van der Waals surface area contributed by atoms with E-state index in [0.29, 0.717) is 12.6 Å². The van der Waals surface area contributed by atoms with E-state index < -0.39 is 0 Å². The molecular weight excluding hydrogens is 338 g/mol. The largest absolute Gasteiger partial charge is 0.490 e. The highest BCUT2D eigenvalue weighted by Gasteiger charge is 2.17. The summed E-state index contributed by atoms with van der Waals surface area (Å²) in [7, 11) is 0. The monoisotopic (exact) mass is 369 g/mol. The molecule has 1 aromatic carbocycles. The lowest BCUT2D eigenvalue weighted by atomic mass is 10.2. The van der Waals surface area contributed by atoms with Crippen molar-refractivity contribution in [3.63, 3.8) is 0 Å². The molecule has 0 saturated heterocycles. The average molecular weight is 370 g/mol. The number of nitrogens with zero attached hydrogens (tertiary/aromatic N) is 3. The SMILES string of the molecule is CCNC(=NCc1ccccc1OC1CCCC1)NCCCn1cccn1. The first-order valence-corrected chi connectivity index (χ1v) is 10.1. The Kier molecular flexibility index (Phi) is 7.56. The van der Waals surface area contributed by atoms with Crippen molar-refractivity contribution in [3.8, 4) is 5.75 Å². The lowest BCUT2D eigenvalue weighted by Gasteiger charge is -2.16. The Balaban J connectivity index is 1.52. The number of guanidine groups is 1. The van der Waals surface area contributed by atoms with Gasteiger partial charge in [0.2, 0.25) is 0 Å². The molecule has 0 spiro atoms. The van der Waals surface area contributed by atoms with Crippen LogP contribution < -0.4 is 15.4 Å². The molecule has 1 aliphatic rings. The zero-order chi connectivity index (χ0) is 18.7. The van der Waals surface area contributed by atoms with Gasteiger partial charge in [-0.15, -0.1) is 0 Å². The van der Waals surface area contributed by atoms with E-state index in [1.54, 1.807) is 0 Å². The number of nitrogens with one attached hydrogen (secondary N) is 2. The van der Waals surface area contributed by atoms with Gasteiger partial charge in [-0.1, -0.05) is 18.2 Å². The van der Waals surface area contributed by atoms with Crippen LogP contribution in [0.25, 0.3) is 0 Å². The molecule has 27 heavy (non-hydrogen) atoms. The summed E-state index contributed by atoms with van der Waals surface area (Å²) in [6, 6.07) is 10.2. The molecule has 3 rings (SSSR count). The van der Waals surface area contributed by atoms with Crippen LogP contribution in [-0.2, 0) is 13.1 Å². The van der Waals surface area contributed by atoms with Crippen LogP contribution in [0.3, 0.4) is 0 Å². The van der Waals surface area contributed by atoms with Gasteiger partial charge in [-0.2, -0.15) is 5.10 Å². The van der Waals surface area contributed by atoms with Crippen LogP contribution in [0.5, 0.6) is 5.75 Å². The molecule has 1 fully saturated rings. The minimum absolute atomic E-state index is 0.365. The first kappa shape index (κ1) is 19.3. The molecule has 0 aliphatic heterocycles. The number of aliphatic imine (C=N–C) groups is 1. The number of rotatable bonds is 9. The fourth-order valence-corrected chi connectivity index (χ4v) is 3.32. The van der Waals surface area contributed by atoms with Gasteiger partial charge in [-0.25, -0.2) is 4.99 Å². The zero-order valence-corrected chi connectivity index (χ0v) is 16.2. The smallest absolute Gasteiger partial charge is 0.191 e. The summed E-state index contributed by atoms with van der Waals surface area (Å²) in [5, 5.41) is 10.9. The zero-order valence-electron chi connectivity index (χ0n) is 16.2. The molecule has 6 nitrogen and oxygen atoms in total. The third-order valence-electron chi connectivity index (χ3n) is 4.74. The van der Waals surface area contributed by atoms with E-state index in [1.165, 1.54) is 12.8 Å². The van der Waals surface area contributed by atoms with Crippen molar-refractivity contribution in [2.45, 2.75) is 58.2 Å². The van der Waals surface area contributed by atoms with E-state index >= 15 is 0 Å². The van der Waals surface area contributed by atoms with Crippen molar-refractivity contribution >= 4 is 5.96 Å². The Morgan fingerprint density at radius 3 is 2.85 bits per heavy atom. The van der Waals surface area contributed by atoms with Gasteiger partial charge in [0.15, 0.2) is 5.96 Å². The number of hydrogen-bond acceptors (Lipinski definition) is 3. The van der Waals surface area contributed by atoms with Crippen LogP contribution in [0.2, 0.25) is 0 Å². The van der Waals surface area contributed by atoms with Gasteiger partial charge in [0.25, 0.3) is 0 Å². The Morgan fingerprint density at radius 2 is 2.07 bits per heavy atom. The quantitative estimate of drug-likeness (QED) is 0.404. The third kappa shape index (κ3) is 6.31. The Morgan fingerprint density at radius 1 is 1.22 bits per heavy atom. The summed E-state index contributed by atoms with van der Waals surface area (Å²) in [5.74, 6) is 1.82. The highest BCUT2D eigenvalue weighted by molar-refractivity contribution is 5.79. The minimum atomic E-state index is 0.365. The van der Waals surface area contributed by atoms with Crippen LogP contribution in [0, 0.1) is 0 Å². The first-order valence-electron chi connectivity index (χ1n) is 10.1. The molecule has 1 saturated carbocycles. The second-order valence-corrected chi connectivity index (χ2v) is 6.88. The third-order valence-corrected chi connectivity index (χ3v) is 4.74. The molecule has 0 atom stereocenters. The summed E-state index contributed by atoms with van der Waals surface area (Å²) in [6.45, 7) is 5.28. The Labute approximate surface area is 162 Å². The molecule has 146 valence electrons. The maximum Gasteiger partial charge on any atom is 0.191 e. The lowest BCUT2D eigenvalue weighted by molar-refractivity contribution is 0.208. The minimum Gasteiger partial charge on any atom is -0.490 e. The van der Waals surface area contributed by atoms with Gasteiger partial charge in [-0.3, -0.25) is 4.68 Å². The molecule has 0 radical (unpaired) electrons. The molecule has 2 N–H and O–H groups in total. The molecule has 6 heteroatoms. The van der Waals surface area contributed by atoms with Gasteiger partial charge in [0.05, 0.1) is 12.6 Å². The van der Waals surface area contributed by atoms with Crippen molar-refractivity contribution in [1.29, 1.82) is 0 Å². The van der Waals surface area contributed by atoms with Crippen molar-refractivity contribution < 1.29 is 4.74 Å². The van der Waals surface area contributed by atoms with Gasteiger partial charge in [-0.05, 0) is 51.2 Å². The van der Waals surface area contributed by atoms with Gasteiger partial charge in [0.1, 0.15) is 5.75 Å². The van der Waals surface area contributed by atoms with Crippen LogP contribution in [-0.4, -0.2) is 34.9 Å². The van der Waals surface area contributed by atoms with Crippen LogP contribution in [0.1, 0.15) is 44.6 Å². The molecular formula is C21H31N5O. The van der Waals surface area contributed by atoms with E-state index in [9.17, 15) is 0 Å². The highest BCUT2D eigenvalue weighted by atomic mass is 16.5. The van der Waals surface area contributed by atoms with Gasteiger partial charge >= 0.3 is 0 Å². The molecule has 1 aliphatic carbocycles. The second kappa shape index (κ2) is 10.6. The van der Waals surface area contributed by atoms with E-state index in [2.05, 4.69) is 40.9 Å². The molecule has 1 aromatic heterocycles. The predicted octanol–water partition coefficient (Wildman–Crippen LogP) is 3.35. The molecule has 0 bridgehead atoms. The molecule has 2 aromatic rings. The highest BCUT2D eigenvalue weighted by Crippen LogP contribution is 2.26. The van der Waals surface area contributed by atoms with Crippen LogP contribution >= 0.6 is 0 Å². The van der Waals surface area contributed by atoms with Crippen LogP contribution in [0.15, 0.2) is 47.7 Å². The number of benzene rings is 1. The summed E-state index contributed by atoms with van der Waals surface area (Å²) in [6.07, 6.45) is 10.0. The van der Waals surface area contributed by atoms with Crippen molar-refractivity contribution in [1.82, 2.24) is 20.4 Å². The van der Waals surface area contributed by atoms with Crippen molar-refractivity contribution in [3.05, 3.63) is 48.3 Å². The summed E-state index contributed by atoms with van der Waals surface area (Å²) in [4.78, 5) is 4.75. The number of para-hydroxylation sites is 1. The van der Waals surface area contributed by atoms with E-state index in [1.807, 2.05) is 29.2 Å². The van der Waals surface area contributed by atoms with E-state index in [-0.39, 0.29) is 0 Å². The molecule has 0 unspecified atom stereocenters. The van der Waals surface area contributed by atoms with Crippen LogP contribution in [0.4, 0.5) is 0 Å². The predicted molar refractivity (Wildman–Crippen MR) is 109 cm³/mol. The number of aromatic nitrogens is 2. The maximum absolute atomic E-state index is 6.22. The Bertz CT molecular complexity index is 692. The summed E-state index contributed by atoms with van der Waals surface area (Å²) in [5.41, 5.74) is 1.14. The van der Waals surface area contributed by atoms with Gasteiger partial charge < -0.3 is 15.4 Å². The number of ether oxygens (including phenoxy) is 1. The molecule has 0 amide bonds. The molecule has 1 heterocycles. The van der Waals surface area contributed by atoms with E-state index in [0.717, 1.165) is 56.2 Å². The number of aryl methyl sites for hydroxylation is 1. The summed E-state index contributed by atoms with van der Waals surface area (Å²) >= 11 is 0. The normalized spacial score (nSPS) is 15.1. The van der Waals surface area contributed by atoms with Crippen molar-refractivity contribution in [2.75, 3.05) is 13.1 Å². The topological polar surface area (TPSA) is 63.5 Å².